The van der Waals surface area contributed by atoms with Crippen molar-refractivity contribution in [1.82, 2.24) is 4.98 Å². The molecule has 0 saturated carbocycles. The molecule has 5 rings (SSSR count). The Balaban J connectivity index is 1.93. The Hall–Kier alpha value is -3.33. The fraction of sp³-hybridized carbons (Fsp3) is 0. The molecular formula is C21H11NO2. The van der Waals surface area contributed by atoms with E-state index >= 15 is 0 Å². The summed E-state index contributed by atoms with van der Waals surface area (Å²) in [7, 11) is 0. The van der Waals surface area contributed by atoms with E-state index in [1.807, 2.05) is 42.5 Å². The first-order chi connectivity index (χ1) is 11.8. The van der Waals surface area contributed by atoms with E-state index < -0.39 is 0 Å². The summed E-state index contributed by atoms with van der Waals surface area (Å²) in [5.74, 6) is -0.245. The van der Waals surface area contributed by atoms with Crippen molar-refractivity contribution in [3.63, 3.8) is 0 Å². The SMILES string of the molecule is O=C1c2cnccc2C(=O)c2c1ccc1c2ccc2ccccc21. The van der Waals surface area contributed by atoms with Crippen LogP contribution in [-0.4, -0.2) is 16.6 Å². The third kappa shape index (κ3) is 1.58. The third-order valence-corrected chi connectivity index (χ3v) is 4.71. The van der Waals surface area contributed by atoms with Gasteiger partial charge in [-0.1, -0.05) is 42.5 Å². The van der Waals surface area contributed by atoms with Gasteiger partial charge in [0.25, 0.3) is 0 Å². The van der Waals surface area contributed by atoms with Crippen LogP contribution in [-0.2, 0) is 0 Å². The molecule has 3 heteroatoms. The topological polar surface area (TPSA) is 47.0 Å². The average molecular weight is 309 g/mol. The molecule has 4 aromatic rings. The van der Waals surface area contributed by atoms with E-state index in [4.69, 9.17) is 0 Å². The number of nitrogens with zero attached hydrogens (tertiary/aromatic N) is 1. The second kappa shape index (κ2) is 4.59. The van der Waals surface area contributed by atoms with E-state index in [-0.39, 0.29) is 11.6 Å². The van der Waals surface area contributed by atoms with E-state index in [9.17, 15) is 9.59 Å². The fourth-order valence-corrected chi connectivity index (χ4v) is 3.58. The van der Waals surface area contributed by atoms with Gasteiger partial charge in [0.1, 0.15) is 0 Å². The van der Waals surface area contributed by atoms with Crippen LogP contribution in [0.4, 0.5) is 0 Å². The molecule has 24 heavy (non-hydrogen) atoms. The van der Waals surface area contributed by atoms with Crippen LogP contribution in [0.5, 0.6) is 0 Å². The minimum atomic E-state index is -0.136. The number of aromatic nitrogens is 1. The van der Waals surface area contributed by atoms with E-state index in [0.29, 0.717) is 22.3 Å². The third-order valence-electron chi connectivity index (χ3n) is 4.71. The molecule has 1 aromatic heterocycles. The van der Waals surface area contributed by atoms with Gasteiger partial charge in [-0.05, 0) is 33.7 Å². The molecular weight excluding hydrogens is 298 g/mol. The number of hydrogen-bond acceptors (Lipinski definition) is 3. The Labute approximate surface area is 137 Å². The number of rotatable bonds is 0. The van der Waals surface area contributed by atoms with Crippen molar-refractivity contribution in [3.8, 4) is 0 Å². The Morgan fingerprint density at radius 3 is 2.38 bits per heavy atom. The number of hydrogen-bond donors (Lipinski definition) is 0. The summed E-state index contributed by atoms with van der Waals surface area (Å²) in [6.07, 6.45) is 3.03. The molecule has 0 bridgehead atoms. The monoisotopic (exact) mass is 309 g/mol. The van der Waals surface area contributed by atoms with Crippen LogP contribution in [0.1, 0.15) is 31.8 Å². The van der Waals surface area contributed by atoms with E-state index in [0.717, 1.165) is 21.5 Å². The van der Waals surface area contributed by atoms with E-state index in [2.05, 4.69) is 4.98 Å². The van der Waals surface area contributed by atoms with Crippen LogP contribution in [0.25, 0.3) is 21.5 Å². The smallest absolute Gasteiger partial charge is 0.196 e. The van der Waals surface area contributed by atoms with Gasteiger partial charge in [0.2, 0.25) is 0 Å². The molecule has 0 unspecified atom stereocenters. The first kappa shape index (κ1) is 13.1. The highest BCUT2D eigenvalue weighted by Gasteiger charge is 2.31. The van der Waals surface area contributed by atoms with Crippen molar-refractivity contribution in [2.75, 3.05) is 0 Å². The quantitative estimate of drug-likeness (QED) is 0.403. The van der Waals surface area contributed by atoms with Crippen molar-refractivity contribution in [2.24, 2.45) is 0 Å². The minimum Gasteiger partial charge on any atom is -0.289 e. The summed E-state index contributed by atoms with van der Waals surface area (Å²) in [5.41, 5.74) is 1.78. The van der Waals surface area contributed by atoms with Gasteiger partial charge in [0.15, 0.2) is 11.6 Å². The highest BCUT2D eigenvalue weighted by Crippen LogP contribution is 2.35. The number of ketones is 2. The normalized spacial score (nSPS) is 13.2. The summed E-state index contributed by atoms with van der Waals surface area (Å²) >= 11 is 0. The Bertz CT molecular complexity index is 1190. The lowest BCUT2D eigenvalue weighted by molar-refractivity contribution is 0.0980. The zero-order valence-corrected chi connectivity index (χ0v) is 12.6. The number of fused-ring (bicyclic) bond motifs is 6. The van der Waals surface area contributed by atoms with Crippen LogP contribution >= 0.6 is 0 Å². The first-order valence-electron chi connectivity index (χ1n) is 7.73. The molecule has 0 N–H and O–H groups in total. The van der Waals surface area contributed by atoms with Gasteiger partial charge in [0, 0.05) is 29.1 Å². The Morgan fingerprint density at radius 1 is 0.625 bits per heavy atom. The summed E-state index contributed by atoms with van der Waals surface area (Å²) in [4.78, 5) is 29.8. The van der Waals surface area contributed by atoms with Crippen molar-refractivity contribution in [3.05, 3.63) is 89.2 Å². The number of carbonyl (C=O) groups is 2. The molecule has 1 heterocycles. The highest BCUT2D eigenvalue weighted by molar-refractivity contribution is 6.33. The van der Waals surface area contributed by atoms with Crippen LogP contribution in [0.2, 0.25) is 0 Å². The zero-order chi connectivity index (χ0) is 16.3. The Kier molecular flexibility index (Phi) is 2.51. The van der Waals surface area contributed by atoms with E-state index in [1.54, 1.807) is 18.3 Å². The summed E-state index contributed by atoms with van der Waals surface area (Å²) in [6.45, 7) is 0. The van der Waals surface area contributed by atoms with Crippen LogP contribution in [0, 0.1) is 0 Å². The van der Waals surface area contributed by atoms with Gasteiger partial charge in [-0.15, -0.1) is 0 Å². The van der Waals surface area contributed by atoms with Crippen molar-refractivity contribution in [2.45, 2.75) is 0 Å². The van der Waals surface area contributed by atoms with Crippen molar-refractivity contribution in [1.29, 1.82) is 0 Å². The predicted molar refractivity (Wildman–Crippen MR) is 92.6 cm³/mol. The second-order valence-electron chi connectivity index (χ2n) is 5.95. The molecule has 0 radical (unpaired) electrons. The van der Waals surface area contributed by atoms with Crippen molar-refractivity contribution >= 4 is 33.1 Å². The lowest BCUT2D eigenvalue weighted by atomic mass is 9.82. The van der Waals surface area contributed by atoms with E-state index in [1.165, 1.54) is 6.20 Å². The maximum Gasteiger partial charge on any atom is 0.196 e. The molecule has 0 spiro atoms. The molecule has 3 nitrogen and oxygen atoms in total. The molecule has 112 valence electrons. The number of carbonyl (C=O) groups excluding carboxylic acids is 2. The van der Waals surface area contributed by atoms with Gasteiger partial charge in [0.05, 0.1) is 5.56 Å². The number of benzene rings is 3. The first-order valence-corrected chi connectivity index (χ1v) is 7.73. The molecule has 0 fully saturated rings. The largest absolute Gasteiger partial charge is 0.289 e. The lowest BCUT2D eigenvalue weighted by Crippen LogP contribution is -2.21. The van der Waals surface area contributed by atoms with Crippen molar-refractivity contribution < 1.29 is 9.59 Å². The Morgan fingerprint density at radius 2 is 1.46 bits per heavy atom. The van der Waals surface area contributed by atoms with Gasteiger partial charge in [-0.2, -0.15) is 0 Å². The molecule has 0 saturated heterocycles. The molecule has 1 aliphatic rings. The summed E-state index contributed by atoms with van der Waals surface area (Å²) < 4.78 is 0. The van der Waals surface area contributed by atoms with Crippen LogP contribution in [0.15, 0.2) is 67.0 Å². The zero-order valence-electron chi connectivity index (χ0n) is 12.6. The highest BCUT2D eigenvalue weighted by atomic mass is 16.1. The fourth-order valence-electron chi connectivity index (χ4n) is 3.58. The molecule has 0 atom stereocenters. The predicted octanol–water partition coefficient (Wildman–Crippen LogP) is 4.16. The van der Waals surface area contributed by atoms with Gasteiger partial charge in [-0.25, -0.2) is 0 Å². The molecule has 0 amide bonds. The summed E-state index contributed by atoms with van der Waals surface area (Å²) in [5, 5.41) is 4.01. The number of pyridine rings is 1. The molecule has 3 aromatic carbocycles. The lowest BCUT2D eigenvalue weighted by Gasteiger charge is -2.19. The molecule has 1 aliphatic carbocycles. The van der Waals surface area contributed by atoms with Gasteiger partial charge < -0.3 is 0 Å². The van der Waals surface area contributed by atoms with Crippen LogP contribution < -0.4 is 0 Å². The van der Waals surface area contributed by atoms with Gasteiger partial charge in [-0.3, -0.25) is 14.6 Å². The van der Waals surface area contributed by atoms with Gasteiger partial charge >= 0.3 is 0 Å². The second-order valence-corrected chi connectivity index (χ2v) is 5.95. The summed E-state index contributed by atoms with van der Waals surface area (Å²) in [6, 6.07) is 17.3. The maximum atomic E-state index is 13.0. The molecule has 0 aliphatic heterocycles. The maximum absolute atomic E-state index is 13.0. The standard InChI is InChI=1S/C21H11NO2/c23-20-17-8-7-14-13-4-2-1-3-12(13)5-6-15(14)19(17)21(24)16-9-10-22-11-18(16)20/h1-11H. The average Bonchev–Trinajstić information content (AvgIpc) is 2.65. The van der Waals surface area contributed by atoms with Crippen LogP contribution in [0.3, 0.4) is 0 Å². The minimum absolute atomic E-state index is 0.108.